The predicted molar refractivity (Wildman–Crippen MR) is 91.2 cm³/mol. The van der Waals surface area contributed by atoms with E-state index in [0.717, 1.165) is 0 Å². The van der Waals surface area contributed by atoms with Crippen molar-refractivity contribution >= 4 is 29.6 Å². The smallest absolute Gasteiger partial charge is 0.326 e. The van der Waals surface area contributed by atoms with Crippen LogP contribution < -0.4 is 27.8 Å². The number of hydrogen-bond acceptors (Lipinski definition) is 6. The number of nitrogens with two attached hydrogens (primary N) is 3. The summed E-state index contributed by atoms with van der Waals surface area (Å²) in [7, 11) is 0. The van der Waals surface area contributed by atoms with Gasteiger partial charge in [0.05, 0.1) is 12.5 Å². The van der Waals surface area contributed by atoms with Crippen LogP contribution in [0.2, 0.25) is 0 Å². The Morgan fingerprint density at radius 3 is 2.00 bits per heavy atom. The Morgan fingerprint density at radius 2 is 1.58 bits per heavy atom. The lowest BCUT2D eigenvalue weighted by atomic mass is 9.98. The van der Waals surface area contributed by atoms with Gasteiger partial charge in [-0.2, -0.15) is 0 Å². The third kappa shape index (κ3) is 8.42. The van der Waals surface area contributed by atoms with Crippen LogP contribution >= 0.6 is 0 Å². The quantitative estimate of drug-likeness (QED) is 0.217. The standard InChI is InChI=1S/C15H27N5O6/c1-3-7(2)12(15(25)26)20-14(24)9(6-11(18)22)19-13(23)8(16)4-5-10(17)21/h7-9,12H,3-6,16H2,1-2H3,(H2,17,21)(H2,18,22)(H,19,23)(H,20,24)(H,25,26). The van der Waals surface area contributed by atoms with E-state index in [4.69, 9.17) is 17.2 Å². The number of hydrogen-bond donors (Lipinski definition) is 6. The van der Waals surface area contributed by atoms with Crippen molar-refractivity contribution < 1.29 is 29.1 Å². The maximum Gasteiger partial charge on any atom is 0.326 e. The number of carboxylic acids is 1. The third-order valence-corrected chi connectivity index (χ3v) is 3.85. The number of carboxylic acid groups (broad SMARTS) is 1. The molecule has 0 aliphatic carbocycles. The number of nitrogens with one attached hydrogen (secondary N) is 2. The molecular weight excluding hydrogens is 346 g/mol. The van der Waals surface area contributed by atoms with Crippen LogP contribution in [0.5, 0.6) is 0 Å². The van der Waals surface area contributed by atoms with Crippen LogP contribution in [0.3, 0.4) is 0 Å². The first-order valence-electron chi connectivity index (χ1n) is 8.15. The van der Waals surface area contributed by atoms with Crippen molar-refractivity contribution in [1.82, 2.24) is 10.6 Å². The average Bonchev–Trinajstić information content (AvgIpc) is 2.54. The van der Waals surface area contributed by atoms with E-state index in [0.29, 0.717) is 6.42 Å². The van der Waals surface area contributed by atoms with Crippen molar-refractivity contribution in [2.24, 2.45) is 23.1 Å². The largest absolute Gasteiger partial charge is 0.480 e. The highest BCUT2D eigenvalue weighted by Gasteiger charge is 2.31. The molecule has 0 radical (unpaired) electrons. The number of amides is 4. The lowest BCUT2D eigenvalue weighted by Crippen LogP contribution is -2.56. The van der Waals surface area contributed by atoms with Crippen LogP contribution in [0, 0.1) is 5.92 Å². The maximum absolute atomic E-state index is 12.3. The van der Waals surface area contributed by atoms with E-state index >= 15 is 0 Å². The summed E-state index contributed by atoms with van der Waals surface area (Å²) in [5.41, 5.74) is 15.7. The molecule has 9 N–H and O–H groups in total. The fraction of sp³-hybridized carbons (Fsp3) is 0.667. The first-order chi connectivity index (χ1) is 12.0. The van der Waals surface area contributed by atoms with Gasteiger partial charge in [0.25, 0.3) is 0 Å². The molecule has 0 aliphatic rings. The molecule has 148 valence electrons. The van der Waals surface area contributed by atoms with Crippen LogP contribution in [0.4, 0.5) is 0 Å². The number of rotatable bonds is 12. The molecule has 0 spiro atoms. The second-order valence-corrected chi connectivity index (χ2v) is 6.05. The minimum atomic E-state index is -1.38. The molecule has 0 aromatic heterocycles. The second kappa shape index (κ2) is 11.0. The van der Waals surface area contributed by atoms with Gasteiger partial charge in [0.2, 0.25) is 23.6 Å². The molecule has 4 atom stereocenters. The SMILES string of the molecule is CCC(C)C(NC(=O)C(CC(N)=O)NC(=O)C(N)CCC(N)=O)C(=O)O. The minimum Gasteiger partial charge on any atom is -0.480 e. The molecule has 0 aromatic carbocycles. The average molecular weight is 373 g/mol. The monoisotopic (exact) mass is 373 g/mol. The van der Waals surface area contributed by atoms with Crippen molar-refractivity contribution in [2.75, 3.05) is 0 Å². The summed E-state index contributed by atoms with van der Waals surface area (Å²) >= 11 is 0. The molecular formula is C15H27N5O6. The summed E-state index contributed by atoms with van der Waals surface area (Å²) in [4.78, 5) is 57.6. The number of carbonyl (C=O) groups excluding carboxylic acids is 4. The van der Waals surface area contributed by atoms with Crippen molar-refractivity contribution in [3.8, 4) is 0 Å². The van der Waals surface area contributed by atoms with Gasteiger partial charge in [0.15, 0.2) is 0 Å². The highest BCUT2D eigenvalue weighted by atomic mass is 16.4. The molecule has 0 bridgehead atoms. The second-order valence-electron chi connectivity index (χ2n) is 6.05. The summed E-state index contributed by atoms with van der Waals surface area (Å²) in [6.45, 7) is 3.40. The Bertz CT molecular complexity index is 553. The fourth-order valence-corrected chi connectivity index (χ4v) is 2.06. The van der Waals surface area contributed by atoms with E-state index in [2.05, 4.69) is 10.6 Å². The van der Waals surface area contributed by atoms with Crippen LogP contribution in [0.15, 0.2) is 0 Å². The van der Waals surface area contributed by atoms with Crippen molar-refractivity contribution in [1.29, 1.82) is 0 Å². The molecule has 0 saturated carbocycles. The fourth-order valence-electron chi connectivity index (χ4n) is 2.06. The van der Waals surface area contributed by atoms with Crippen molar-refractivity contribution in [2.45, 2.75) is 57.7 Å². The summed E-state index contributed by atoms with van der Waals surface area (Å²) in [5, 5.41) is 13.8. The van der Waals surface area contributed by atoms with E-state index in [-0.39, 0.29) is 18.8 Å². The predicted octanol–water partition coefficient (Wildman–Crippen LogP) is -2.45. The molecule has 0 rings (SSSR count). The first kappa shape index (κ1) is 23.3. The van der Waals surface area contributed by atoms with Crippen LogP contribution in [-0.4, -0.2) is 52.8 Å². The number of primary amides is 2. The van der Waals surface area contributed by atoms with Gasteiger partial charge in [-0.25, -0.2) is 4.79 Å². The molecule has 0 aromatic rings. The molecule has 4 unspecified atom stereocenters. The highest BCUT2D eigenvalue weighted by Crippen LogP contribution is 2.09. The van der Waals surface area contributed by atoms with Crippen LogP contribution in [0.1, 0.15) is 39.5 Å². The molecule has 0 saturated heterocycles. The lowest BCUT2D eigenvalue weighted by molar-refractivity contribution is -0.143. The van der Waals surface area contributed by atoms with Gasteiger partial charge in [-0.3, -0.25) is 19.2 Å². The number of aliphatic carboxylic acids is 1. The van der Waals surface area contributed by atoms with E-state index < -0.39 is 54.1 Å². The Kier molecular flexibility index (Phi) is 9.89. The molecule has 0 heterocycles. The van der Waals surface area contributed by atoms with Gasteiger partial charge in [0.1, 0.15) is 12.1 Å². The van der Waals surface area contributed by atoms with E-state index in [1.165, 1.54) is 0 Å². The van der Waals surface area contributed by atoms with Crippen LogP contribution in [0.25, 0.3) is 0 Å². The van der Waals surface area contributed by atoms with E-state index in [1.807, 2.05) is 0 Å². The lowest BCUT2D eigenvalue weighted by Gasteiger charge is -2.24. The van der Waals surface area contributed by atoms with Gasteiger partial charge in [-0.05, 0) is 12.3 Å². The molecule has 11 nitrogen and oxygen atoms in total. The van der Waals surface area contributed by atoms with Gasteiger partial charge >= 0.3 is 5.97 Å². The maximum atomic E-state index is 12.3. The van der Waals surface area contributed by atoms with Crippen molar-refractivity contribution in [3.05, 3.63) is 0 Å². The van der Waals surface area contributed by atoms with Gasteiger partial charge in [-0.15, -0.1) is 0 Å². The molecule has 0 fully saturated rings. The zero-order chi connectivity index (χ0) is 20.4. The Labute approximate surface area is 151 Å². The Hall–Kier alpha value is -2.69. The third-order valence-electron chi connectivity index (χ3n) is 3.85. The van der Waals surface area contributed by atoms with E-state index in [9.17, 15) is 29.1 Å². The first-order valence-corrected chi connectivity index (χ1v) is 8.15. The zero-order valence-electron chi connectivity index (χ0n) is 14.9. The van der Waals surface area contributed by atoms with Crippen LogP contribution in [-0.2, 0) is 24.0 Å². The molecule has 11 heteroatoms. The summed E-state index contributed by atoms with van der Waals surface area (Å²) < 4.78 is 0. The minimum absolute atomic E-state index is 0.0449. The summed E-state index contributed by atoms with van der Waals surface area (Å²) in [6.07, 6.45) is -0.220. The molecule has 0 aliphatic heterocycles. The Balaban J connectivity index is 5.08. The molecule has 26 heavy (non-hydrogen) atoms. The normalized spacial score (nSPS) is 15.2. The van der Waals surface area contributed by atoms with E-state index in [1.54, 1.807) is 13.8 Å². The molecule has 4 amide bonds. The summed E-state index contributed by atoms with van der Waals surface area (Å²) in [5.74, 6) is -4.78. The van der Waals surface area contributed by atoms with Gasteiger partial charge in [0, 0.05) is 6.42 Å². The summed E-state index contributed by atoms with van der Waals surface area (Å²) in [6, 6.07) is -3.70. The van der Waals surface area contributed by atoms with Crippen molar-refractivity contribution in [3.63, 3.8) is 0 Å². The topological polar surface area (TPSA) is 208 Å². The number of carbonyl (C=O) groups is 5. The van der Waals surface area contributed by atoms with Gasteiger partial charge < -0.3 is 32.9 Å². The zero-order valence-corrected chi connectivity index (χ0v) is 14.9. The van der Waals surface area contributed by atoms with Gasteiger partial charge in [-0.1, -0.05) is 20.3 Å². The Morgan fingerprint density at radius 1 is 1.00 bits per heavy atom. The highest BCUT2D eigenvalue weighted by molar-refractivity contribution is 5.94.